The summed E-state index contributed by atoms with van der Waals surface area (Å²) in [5, 5.41) is 18.2. The predicted molar refractivity (Wildman–Crippen MR) is 154 cm³/mol. The molecule has 0 saturated heterocycles. The summed E-state index contributed by atoms with van der Waals surface area (Å²) in [7, 11) is -4.40. The molecular formula is C29H27F4N5O6S. The van der Waals surface area contributed by atoms with Crippen LogP contribution in [0.25, 0.3) is 5.69 Å². The van der Waals surface area contributed by atoms with Gasteiger partial charge in [-0.05, 0) is 75.7 Å². The minimum atomic E-state index is -4.58. The van der Waals surface area contributed by atoms with Crippen LogP contribution in [0.15, 0.2) is 71.6 Å². The maximum absolute atomic E-state index is 13.7. The smallest absolute Gasteiger partial charge is 0.416 e. The third-order valence-corrected chi connectivity index (χ3v) is 7.92. The number of alkyl halides is 3. The second kappa shape index (κ2) is 12.3. The van der Waals surface area contributed by atoms with Gasteiger partial charge in [0.1, 0.15) is 16.5 Å². The average Bonchev–Trinajstić information content (AvgIpc) is 3.26. The Balaban J connectivity index is 1.78. The number of nitro groups is 1. The van der Waals surface area contributed by atoms with E-state index >= 15 is 0 Å². The molecule has 0 atom stereocenters. The van der Waals surface area contributed by atoms with Gasteiger partial charge in [0.25, 0.3) is 11.6 Å². The number of nitrogens with one attached hydrogen (secondary N) is 2. The van der Waals surface area contributed by atoms with E-state index in [2.05, 4.69) is 15.1 Å². The number of non-ortho nitro benzene ring substituents is 1. The lowest BCUT2D eigenvalue weighted by molar-refractivity contribution is -0.385. The summed E-state index contributed by atoms with van der Waals surface area (Å²) < 4.78 is 89.3. The van der Waals surface area contributed by atoms with Crippen molar-refractivity contribution in [2.45, 2.75) is 50.9 Å². The van der Waals surface area contributed by atoms with Crippen molar-refractivity contribution in [2.75, 3.05) is 0 Å². The molecule has 2 N–H and O–H groups in total. The van der Waals surface area contributed by atoms with Crippen LogP contribution in [0.4, 0.5) is 23.2 Å². The molecule has 0 fully saturated rings. The van der Waals surface area contributed by atoms with Gasteiger partial charge in [0, 0.05) is 29.8 Å². The van der Waals surface area contributed by atoms with Gasteiger partial charge in [0.2, 0.25) is 15.9 Å². The fourth-order valence-electron chi connectivity index (χ4n) is 4.16. The van der Waals surface area contributed by atoms with Crippen molar-refractivity contribution in [2.24, 2.45) is 0 Å². The molecule has 0 aliphatic carbocycles. The molecule has 1 aromatic heterocycles. The largest absolute Gasteiger partial charge is 0.437 e. The molecule has 0 aliphatic rings. The Morgan fingerprint density at radius 2 is 1.71 bits per heavy atom. The third kappa shape index (κ3) is 7.82. The topological polar surface area (TPSA) is 145 Å². The molecule has 16 heteroatoms. The molecule has 0 saturated carbocycles. The fourth-order valence-corrected chi connectivity index (χ4v) is 5.73. The van der Waals surface area contributed by atoms with Crippen LogP contribution in [0.1, 0.15) is 48.0 Å². The van der Waals surface area contributed by atoms with Gasteiger partial charge in [-0.25, -0.2) is 17.5 Å². The summed E-state index contributed by atoms with van der Waals surface area (Å²) in [5.41, 5.74) is -2.20. The summed E-state index contributed by atoms with van der Waals surface area (Å²) in [6.07, 6.45) is -4.58. The van der Waals surface area contributed by atoms with E-state index in [0.717, 1.165) is 47.1 Å². The van der Waals surface area contributed by atoms with Crippen molar-refractivity contribution in [1.29, 1.82) is 0 Å². The number of nitrogens with zero attached hydrogens (tertiary/aromatic N) is 3. The lowest BCUT2D eigenvalue weighted by Crippen LogP contribution is -2.40. The van der Waals surface area contributed by atoms with Gasteiger partial charge in [-0.2, -0.15) is 23.0 Å². The van der Waals surface area contributed by atoms with Gasteiger partial charge in [-0.1, -0.05) is 12.1 Å². The quantitative estimate of drug-likeness (QED) is 0.128. The number of carbonyl (C=O) groups is 1. The first-order valence-corrected chi connectivity index (χ1v) is 14.6. The van der Waals surface area contributed by atoms with E-state index in [0.29, 0.717) is 0 Å². The van der Waals surface area contributed by atoms with Crippen LogP contribution in [0.5, 0.6) is 11.6 Å². The van der Waals surface area contributed by atoms with E-state index in [-0.39, 0.29) is 40.7 Å². The number of carbonyl (C=O) groups excluding carboxylic acids is 1. The molecule has 11 nitrogen and oxygen atoms in total. The molecule has 1 amide bonds. The summed E-state index contributed by atoms with van der Waals surface area (Å²) in [5.74, 6) is -1.92. The van der Waals surface area contributed by atoms with Crippen LogP contribution in [-0.2, 0) is 22.7 Å². The maximum atomic E-state index is 13.7. The number of hydrogen-bond acceptors (Lipinski definition) is 7. The minimum Gasteiger partial charge on any atom is -0.437 e. The molecular weight excluding hydrogens is 622 g/mol. The number of ether oxygens (including phenoxy) is 1. The van der Waals surface area contributed by atoms with E-state index in [1.54, 1.807) is 20.8 Å². The van der Waals surface area contributed by atoms with Crippen LogP contribution in [0, 0.1) is 22.9 Å². The van der Waals surface area contributed by atoms with E-state index in [1.807, 2.05) is 0 Å². The van der Waals surface area contributed by atoms with Crippen molar-refractivity contribution in [3.05, 3.63) is 105 Å². The van der Waals surface area contributed by atoms with Crippen LogP contribution in [0.2, 0.25) is 0 Å². The molecule has 0 aliphatic heterocycles. The highest BCUT2D eigenvalue weighted by molar-refractivity contribution is 7.89. The number of amides is 1. The summed E-state index contributed by atoms with van der Waals surface area (Å²) in [6, 6.07) is 12.2. The normalized spacial score (nSPS) is 12.2. The molecule has 0 bridgehead atoms. The number of rotatable bonds is 9. The first-order chi connectivity index (χ1) is 20.9. The molecule has 45 heavy (non-hydrogen) atoms. The number of sulfonamides is 1. The average molecular weight is 650 g/mol. The first-order valence-electron chi connectivity index (χ1n) is 13.2. The molecule has 0 radical (unpaired) electrons. The first kappa shape index (κ1) is 33.1. The van der Waals surface area contributed by atoms with Crippen molar-refractivity contribution in [1.82, 2.24) is 19.8 Å². The van der Waals surface area contributed by atoms with Gasteiger partial charge in [-0.3, -0.25) is 14.9 Å². The van der Waals surface area contributed by atoms with E-state index < -0.39 is 54.5 Å². The second-order valence-corrected chi connectivity index (χ2v) is 12.5. The molecule has 4 rings (SSSR count). The SMILES string of the molecule is Cc1c(C(=O)NCc2cccc(C(F)(F)F)c2)nn(-c2ccc(F)cc2)c1Oc1ccc([N+](=O)[O-])cc1S(=O)(=O)NC(C)(C)C. The molecule has 3 aromatic carbocycles. The summed E-state index contributed by atoms with van der Waals surface area (Å²) >= 11 is 0. The Hall–Kier alpha value is -4.83. The summed E-state index contributed by atoms with van der Waals surface area (Å²) in [4.78, 5) is 23.3. The second-order valence-electron chi connectivity index (χ2n) is 10.9. The highest BCUT2D eigenvalue weighted by Gasteiger charge is 2.32. The van der Waals surface area contributed by atoms with Crippen LogP contribution in [0.3, 0.4) is 0 Å². The Bertz CT molecular complexity index is 1870. The zero-order valence-electron chi connectivity index (χ0n) is 24.3. The summed E-state index contributed by atoms with van der Waals surface area (Å²) in [6.45, 7) is 5.85. The Labute approximate surface area is 255 Å². The molecule has 0 unspecified atom stereocenters. The van der Waals surface area contributed by atoms with Crippen molar-refractivity contribution in [3.63, 3.8) is 0 Å². The lowest BCUT2D eigenvalue weighted by Gasteiger charge is -2.21. The molecule has 1 heterocycles. The van der Waals surface area contributed by atoms with Crippen molar-refractivity contribution < 1.29 is 40.4 Å². The highest BCUT2D eigenvalue weighted by Crippen LogP contribution is 2.36. The van der Waals surface area contributed by atoms with Crippen molar-refractivity contribution in [3.8, 4) is 17.3 Å². The zero-order valence-corrected chi connectivity index (χ0v) is 25.1. The van der Waals surface area contributed by atoms with E-state index in [1.165, 1.54) is 31.2 Å². The molecule has 238 valence electrons. The van der Waals surface area contributed by atoms with E-state index in [9.17, 15) is 40.9 Å². The maximum Gasteiger partial charge on any atom is 0.416 e. The van der Waals surface area contributed by atoms with E-state index in [4.69, 9.17) is 4.74 Å². The van der Waals surface area contributed by atoms with Gasteiger partial charge in [0.15, 0.2) is 5.69 Å². The van der Waals surface area contributed by atoms with Crippen LogP contribution in [-0.4, -0.2) is 34.6 Å². The third-order valence-electron chi connectivity index (χ3n) is 6.14. The van der Waals surface area contributed by atoms with Crippen molar-refractivity contribution >= 4 is 21.6 Å². The van der Waals surface area contributed by atoms with Gasteiger partial charge < -0.3 is 10.1 Å². The molecule has 4 aromatic rings. The molecule has 0 spiro atoms. The Morgan fingerprint density at radius 1 is 1.04 bits per heavy atom. The number of nitro benzene ring substituents is 1. The highest BCUT2D eigenvalue weighted by atomic mass is 32.2. The Kier molecular flexibility index (Phi) is 9.02. The number of halogens is 4. The van der Waals surface area contributed by atoms with Gasteiger partial charge >= 0.3 is 6.18 Å². The lowest BCUT2D eigenvalue weighted by atomic mass is 10.1. The van der Waals surface area contributed by atoms with Crippen LogP contribution < -0.4 is 14.8 Å². The van der Waals surface area contributed by atoms with Gasteiger partial charge in [-0.15, -0.1) is 0 Å². The fraction of sp³-hybridized carbons (Fsp3) is 0.241. The van der Waals surface area contributed by atoms with Gasteiger partial charge in [0.05, 0.1) is 16.2 Å². The monoisotopic (exact) mass is 649 g/mol. The zero-order chi connectivity index (χ0) is 33.3. The Morgan fingerprint density at radius 3 is 2.31 bits per heavy atom. The predicted octanol–water partition coefficient (Wildman–Crippen LogP) is 6.05. The minimum absolute atomic E-state index is 0.0753. The number of benzene rings is 3. The number of hydrogen-bond donors (Lipinski definition) is 2. The number of aromatic nitrogens is 2. The standard InChI is InChI=1S/C29H27F4N5O6S/c1-17-25(26(39)34-16-18-6-5-7-19(14-18)29(31,32)33)35-37(21-10-8-20(30)9-11-21)27(17)44-23-13-12-22(38(40)41)15-24(23)45(42,43)36-28(2,3)4/h5-15,36H,16H2,1-4H3,(H,34,39). The van der Waals surface area contributed by atoms with Crippen LogP contribution >= 0.6 is 0 Å².